The molecular formula is C7H11IO. The molecule has 0 bridgehead atoms. The van der Waals surface area contributed by atoms with Gasteiger partial charge in [0.05, 0.1) is 12.7 Å². The fourth-order valence-electron chi connectivity index (χ4n) is 0.927. The van der Waals surface area contributed by atoms with E-state index in [1.54, 1.807) is 0 Å². The number of hydrogen-bond donors (Lipinski definition) is 0. The van der Waals surface area contributed by atoms with Crippen LogP contribution in [0.5, 0.6) is 0 Å². The van der Waals surface area contributed by atoms with E-state index in [9.17, 15) is 0 Å². The molecule has 0 spiro atoms. The van der Waals surface area contributed by atoms with Crippen LogP contribution in [0.3, 0.4) is 0 Å². The minimum Gasteiger partial charge on any atom is -0.373 e. The second-order valence-corrected chi connectivity index (χ2v) is 3.25. The standard InChI is InChI=1S/C7H11IO/c1-6-2-3-9-7(4-6)5-8/h2,7H,3-5H2,1H3/t7-/m0/s1. The summed E-state index contributed by atoms with van der Waals surface area (Å²) in [5.74, 6) is 0. The summed E-state index contributed by atoms with van der Waals surface area (Å²) >= 11 is 2.36. The van der Waals surface area contributed by atoms with Gasteiger partial charge >= 0.3 is 0 Å². The van der Waals surface area contributed by atoms with E-state index in [0.717, 1.165) is 17.5 Å². The maximum absolute atomic E-state index is 5.41. The van der Waals surface area contributed by atoms with E-state index in [1.807, 2.05) is 0 Å². The number of ether oxygens (including phenoxy) is 1. The zero-order valence-electron chi connectivity index (χ0n) is 5.56. The van der Waals surface area contributed by atoms with Crippen LogP contribution < -0.4 is 0 Å². The van der Waals surface area contributed by atoms with E-state index in [4.69, 9.17) is 4.74 Å². The fourth-order valence-corrected chi connectivity index (χ4v) is 1.49. The van der Waals surface area contributed by atoms with Gasteiger partial charge in [0.1, 0.15) is 0 Å². The second-order valence-electron chi connectivity index (χ2n) is 2.36. The van der Waals surface area contributed by atoms with E-state index in [-0.39, 0.29) is 0 Å². The summed E-state index contributed by atoms with van der Waals surface area (Å²) < 4.78 is 6.53. The molecule has 0 amide bonds. The Morgan fingerprint density at radius 2 is 2.67 bits per heavy atom. The Labute approximate surface area is 69.6 Å². The van der Waals surface area contributed by atoms with Crippen LogP contribution in [-0.4, -0.2) is 17.1 Å². The van der Waals surface area contributed by atoms with Gasteiger partial charge < -0.3 is 4.74 Å². The Morgan fingerprint density at radius 1 is 1.89 bits per heavy atom. The van der Waals surface area contributed by atoms with Crippen LogP contribution >= 0.6 is 22.6 Å². The molecule has 1 heterocycles. The fraction of sp³-hybridized carbons (Fsp3) is 0.714. The maximum atomic E-state index is 5.41. The predicted molar refractivity (Wildman–Crippen MR) is 47.0 cm³/mol. The van der Waals surface area contributed by atoms with Crippen LogP contribution in [0.15, 0.2) is 11.6 Å². The second kappa shape index (κ2) is 3.56. The Morgan fingerprint density at radius 3 is 3.11 bits per heavy atom. The molecule has 1 nitrogen and oxygen atoms in total. The van der Waals surface area contributed by atoms with Crippen LogP contribution in [-0.2, 0) is 4.74 Å². The molecular weight excluding hydrogens is 227 g/mol. The Kier molecular flexibility index (Phi) is 2.98. The summed E-state index contributed by atoms with van der Waals surface area (Å²) in [5.41, 5.74) is 1.47. The zero-order valence-corrected chi connectivity index (χ0v) is 7.72. The van der Waals surface area contributed by atoms with Crippen molar-refractivity contribution in [2.75, 3.05) is 11.0 Å². The third kappa shape index (κ3) is 2.26. The topological polar surface area (TPSA) is 9.23 Å². The van der Waals surface area contributed by atoms with Crippen LogP contribution in [0.2, 0.25) is 0 Å². The first kappa shape index (κ1) is 7.54. The molecule has 0 aromatic rings. The summed E-state index contributed by atoms with van der Waals surface area (Å²) in [4.78, 5) is 0. The number of alkyl halides is 1. The number of rotatable bonds is 1. The van der Waals surface area contributed by atoms with Crippen molar-refractivity contribution >= 4 is 22.6 Å². The van der Waals surface area contributed by atoms with Crippen molar-refractivity contribution in [1.29, 1.82) is 0 Å². The molecule has 0 radical (unpaired) electrons. The SMILES string of the molecule is CC1=CCO[C@H](CI)C1. The minimum atomic E-state index is 0.482. The van der Waals surface area contributed by atoms with Gasteiger partial charge in [0, 0.05) is 4.43 Å². The van der Waals surface area contributed by atoms with Crippen molar-refractivity contribution in [3.63, 3.8) is 0 Å². The van der Waals surface area contributed by atoms with Gasteiger partial charge in [-0.05, 0) is 13.3 Å². The van der Waals surface area contributed by atoms with Gasteiger partial charge in [0.2, 0.25) is 0 Å². The Bertz CT molecular complexity index is 120. The molecule has 0 saturated heterocycles. The lowest BCUT2D eigenvalue weighted by Crippen LogP contribution is -2.18. The minimum absolute atomic E-state index is 0.482. The molecule has 9 heavy (non-hydrogen) atoms. The third-order valence-corrected chi connectivity index (χ3v) is 2.47. The van der Waals surface area contributed by atoms with Gasteiger partial charge in [-0.25, -0.2) is 0 Å². The van der Waals surface area contributed by atoms with E-state index < -0.39 is 0 Å². The number of halogens is 1. The van der Waals surface area contributed by atoms with E-state index in [1.165, 1.54) is 5.57 Å². The van der Waals surface area contributed by atoms with Gasteiger partial charge in [-0.1, -0.05) is 34.2 Å². The van der Waals surface area contributed by atoms with Crippen molar-refractivity contribution in [1.82, 2.24) is 0 Å². The first-order chi connectivity index (χ1) is 4.33. The van der Waals surface area contributed by atoms with Gasteiger partial charge in [0.25, 0.3) is 0 Å². The molecule has 1 aliphatic rings. The summed E-state index contributed by atoms with van der Waals surface area (Å²) in [5, 5.41) is 0. The molecule has 0 N–H and O–H groups in total. The lowest BCUT2D eigenvalue weighted by molar-refractivity contribution is 0.0839. The molecule has 52 valence electrons. The first-order valence-electron chi connectivity index (χ1n) is 3.16. The van der Waals surface area contributed by atoms with Gasteiger partial charge in [-0.2, -0.15) is 0 Å². The van der Waals surface area contributed by atoms with Crippen LogP contribution in [0, 0.1) is 0 Å². The largest absolute Gasteiger partial charge is 0.373 e. The molecule has 0 aromatic carbocycles. The zero-order chi connectivity index (χ0) is 6.69. The van der Waals surface area contributed by atoms with Crippen molar-refractivity contribution in [3.05, 3.63) is 11.6 Å². The Hall–Kier alpha value is 0.430. The Balaban J connectivity index is 2.39. The maximum Gasteiger partial charge on any atom is 0.0705 e. The summed E-state index contributed by atoms with van der Waals surface area (Å²) in [7, 11) is 0. The van der Waals surface area contributed by atoms with Crippen LogP contribution in [0.1, 0.15) is 13.3 Å². The predicted octanol–water partition coefficient (Wildman–Crippen LogP) is 2.16. The van der Waals surface area contributed by atoms with E-state index in [0.29, 0.717) is 6.10 Å². The highest BCUT2D eigenvalue weighted by molar-refractivity contribution is 14.1. The normalized spacial score (nSPS) is 27.8. The molecule has 0 saturated carbocycles. The van der Waals surface area contributed by atoms with Crippen molar-refractivity contribution in [3.8, 4) is 0 Å². The average molecular weight is 238 g/mol. The molecule has 1 aliphatic heterocycles. The monoisotopic (exact) mass is 238 g/mol. The molecule has 1 rings (SSSR count). The average Bonchev–Trinajstić information content (AvgIpc) is 1.88. The third-order valence-electron chi connectivity index (χ3n) is 1.49. The summed E-state index contributed by atoms with van der Waals surface area (Å²) in [6.45, 7) is 2.99. The van der Waals surface area contributed by atoms with Gasteiger partial charge in [0.15, 0.2) is 0 Å². The summed E-state index contributed by atoms with van der Waals surface area (Å²) in [6.07, 6.45) is 3.77. The summed E-state index contributed by atoms with van der Waals surface area (Å²) in [6, 6.07) is 0. The van der Waals surface area contributed by atoms with Crippen molar-refractivity contribution in [2.24, 2.45) is 0 Å². The lowest BCUT2D eigenvalue weighted by Gasteiger charge is -2.19. The van der Waals surface area contributed by atoms with Crippen LogP contribution in [0.25, 0.3) is 0 Å². The van der Waals surface area contributed by atoms with Crippen molar-refractivity contribution in [2.45, 2.75) is 19.4 Å². The van der Waals surface area contributed by atoms with E-state index >= 15 is 0 Å². The molecule has 0 fully saturated rings. The van der Waals surface area contributed by atoms with Gasteiger partial charge in [-0.15, -0.1) is 0 Å². The quantitative estimate of drug-likeness (QED) is 0.386. The highest BCUT2D eigenvalue weighted by atomic mass is 127. The molecule has 2 heteroatoms. The lowest BCUT2D eigenvalue weighted by atomic mass is 10.1. The van der Waals surface area contributed by atoms with Gasteiger partial charge in [-0.3, -0.25) is 0 Å². The molecule has 0 aromatic heterocycles. The first-order valence-corrected chi connectivity index (χ1v) is 4.68. The molecule has 1 atom stereocenters. The smallest absolute Gasteiger partial charge is 0.0705 e. The van der Waals surface area contributed by atoms with Crippen LogP contribution in [0.4, 0.5) is 0 Å². The van der Waals surface area contributed by atoms with Crippen molar-refractivity contribution < 1.29 is 4.74 Å². The molecule has 0 aliphatic carbocycles. The highest BCUT2D eigenvalue weighted by Gasteiger charge is 2.10. The number of hydrogen-bond acceptors (Lipinski definition) is 1. The van der Waals surface area contributed by atoms with E-state index in [2.05, 4.69) is 35.6 Å². The molecule has 0 unspecified atom stereocenters. The highest BCUT2D eigenvalue weighted by Crippen LogP contribution is 2.15.